The Kier molecular flexibility index (Phi) is 5.65. The quantitative estimate of drug-likeness (QED) is 0.860. The summed E-state index contributed by atoms with van der Waals surface area (Å²) in [7, 11) is 0. The van der Waals surface area contributed by atoms with E-state index in [0.29, 0.717) is 36.9 Å². The van der Waals surface area contributed by atoms with Crippen LogP contribution in [0.4, 0.5) is 0 Å². The summed E-state index contributed by atoms with van der Waals surface area (Å²) in [6, 6.07) is 0.0200. The highest BCUT2D eigenvalue weighted by Crippen LogP contribution is 2.22. The minimum atomic E-state index is -0.216. The van der Waals surface area contributed by atoms with Crippen LogP contribution >= 0.6 is 11.3 Å². The SMILES string of the molecule is Cc1nc(C(=O)N2CCCC(n3cc(C(=O)NCC(C)C)nn3)C2)cs1. The lowest BCUT2D eigenvalue weighted by Gasteiger charge is -2.32. The number of thiazole rings is 1. The van der Waals surface area contributed by atoms with Crippen LogP contribution in [0.2, 0.25) is 0 Å². The van der Waals surface area contributed by atoms with E-state index >= 15 is 0 Å². The van der Waals surface area contributed by atoms with Crippen molar-refractivity contribution in [1.82, 2.24) is 30.2 Å². The Bertz CT molecular complexity index is 784. The summed E-state index contributed by atoms with van der Waals surface area (Å²) < 4.78 is 1.70. The molecule has 1 aliphatic rings. The summed E-state index contributed by atoms with van der Waals surface area (Å²) in [6.45, 7) is 7.82. The van der Waals surface area contributed by atoms with Crippen molar-refractivity contribution in [2.75, 3.05) is 19.6 Å². The van der Waals surface area contributed by atoms with E-state index in [1.54, 1.807) is 16.3 Å². The number of hydrogen-bond donors (Lipinski definition) is 1. The molecule has 0 spiro atoms. The molecule has 2 amide bonds. The largest absolute Gasteiger partial charge is 0.350 e. The van der Waals surface area contributed by atoms with E-state index in [0.717, 1.165) is 17.8 Å². The zero-order valence-electron chi connectivity index (χ0n) is 15.3. The van der Waals surface area contributed by atoms with E-state index in [1.807, 2.05) is 25.7 Å². The van der Waals surface area contributed by atoms with E-state index in [4.69, 9.17) is 0 Å². The third-order valence-corrected chi connectivity index (χ3v) is 5.08. The Morgan fingerprint density at radius 1 is 1.38 bits per heavy atom. The van der Waals surface area contributed by atoms with Crippen LogP contribution in [0, 0.1) is 12.8 Å². The van der Waals surface area contributed by atoms with E-state index in [2.05, 4.69) is 20.6 Å². The normalized spacial score (nSPS) is 17.5. The Balaban J connectivity index is 1.64. The van der Waals surface area contributed by atoms with Crippen LogP contribution in [0.1, 0.15) is 58.7 Å². The van der Waals surface area contributed by atoms with Crippen molar-refractivity contribution >= 4 is 23.2 Å². The molecule has 1 N–H and O–H groups in total. The second-order valence-corrected chi connectivity index (χ2v) is 8.05. The molecule has 1 saturated heterocycles. The van der Waals surface area contributed by atoms with Crippen molar-refractivity contribution in [3.8, 4) is 0 Å². The summed E-state index contributed by atoms with van der Waals surface area (Å²) in [5.41, 5.74) is 0.810. The molecule has 1 aliphatic heterocycles. The topological polar surface area (TPSA) is 93.0 Å². The van der Waals surface area contributed by atoms with Crippen molar-refractivity contribution in [1.29, 1.82) is 0 Å². The number of carbonyl (C=O) groups is 2. The average molecular weight is 376 g/mol. The minimum absolute atomic E-state index is 0.0200. The minimum Gasteiger partial charge on any atom is -0.350 e. The fourth-order valence-electron chi connectivity index (χ4n) is 2.93. The first-order valence-corrected chi connectivity index (χ1v) is 9.73. The third-order valence-electron chi connectivity index (χ3n) is 4.31. The number of amides is 2. The molecule has 1 atom stereocenters. The van der Waals surface area contributed by atoms with Gasteiger partial charge in [-0.05, 0) is 25.7 Å². The maximum Gasteiger partial charge on any atom is 0.273 e. The standard InChI is InChI=1S/C17H24N6O2S/c1-11(2)7-18-16(24)14-9-23(21-20-14)13-5-4-6-22(8-13)17(25)15-10-26-12(3)19-15/h9-11,13H,4-8H2,1-3H3,(H,18,24). The number of nitrogens with one attached hydrogen (secondary N) is 1. The fourth-order valence-corrected chi connectivity index (χ4v) is 3.51. The van der Waals surface area contributed by atoms with Crippen molar-refractivity contribution < 1.29 is 9.59 Å². The average Bonchev–Trinajstić information content (AvgIpc) is 3.28. The summed E-state index contributed by atoms with van der Waals surface area (Å²) in [5.74, 6) is 0.113. The predicted octanol–water partition coefficient (Wildman–Crippen LogP) is 1.91. The molecule has 0 aromatic carbocycles. The van der Waals surface area contributed by atoms with Crippen molar-refractivity contribution in [3.63, 3.8) is 0 Å². The summed E-state index contributed by atoms with van der Waals surface area (Å²) in [4.78, 5) is 30.8. The number of hydrogen-bond acceptors (Lipinski definition) is 6. The first-order chi connectivity index (χ1) is 12.4. The molecule has 0 saturated carbocycles. The smallest absolute Gasteiger partial charge is 0.273 e. The van der Waals surface area contributed by atoms with E-state index < -0.39 is 0 Å². The lowest BCUT2D eigenvalue weighted by Crippen LogP contribution is -2.41. The van der Waals surface area contributed by atoms with Gasteiger partial charge in [0.15, 0.2) is 5.69 Å². The van der Waals surface area contributed by atoms with Crippen LogP contribution in [0.15, 0.2) is 11.6 Å². The number of piperidine rings is 1. The number of likely N-dealkylation sites (tertiary alicyclic amines) is 1. The summed E-state index contributed by atoms with van der Waals surface area (Å²) in [6.07, 6.45) is 3.45. The van der Waals surface area contributed by atoms with E-state index in [9.17, 15) is 9.59 Å². The number of aromatic nitrogens is 4. The number of aryl methyl sites for hydroxylation is 1. The van der Waals surface area contributed by atoms with Gasteiger partial charge in [0.1, 0.15) is 5.69 Å². The Labute approximate surface area is 156 Å². The van der Waals surface area contributed by atoms with Crippen LogP contribution in [-0.4, -0.2) is 56.3 Å². The molecular weight excluding hydrogens is 352 g/mol. The van der Waals surface area contributed by atoms with Gasteiger partial charge in [0.05, 0.1) is 17.2 Å². The van der Waals surface area contributed by atoms with Crippen LogP contribution < -0.4 is 5.32 Å². The van der Waals surface area contributed by atoms with Crippen LogP contribution in [0.3, 0.4) is 0 Å². The number of nitrogens with zero attached hydrogens (tertiary/aromatic N) is 5. The summed E-state index contributed by atoms with van der Waals surface area (Å²) >= 11 is 1.48. The van der Waals surface area contributed by atoms with Gasteiger partial charge in [-0.3, -0.25) is 9.59 Å². The van der Waals surface area contributed by atoms with Crippen LogP contribution in [0.25, 0.3) is 0 Å². The van der Waals surface area contributed by atoms with Gasteiger partial charge < -0.3 is 10.2 Å². The van der Waals surface area contributed by atoms with Gasteiger partial charge in [0, 0.05) is 25.0 Å². The predicted molar refractivity (Wildman–Crippen MR) is 98.2 cm³/mol. The van der Waals surface area contributed by atoms with Gasteiger partial charge in [-0.15, -0.1) is 16.4 Å². The number of carbonyl (C=O) groups excluding carboxylic acids is 2. The van der Waals surface area contributed by atoms with Crippen LogP contribution in [-0.2, 0) is 0 Å². The van der Waals surface area contributed by atoms with E-state index in [1.165, 1.54) is 11.3 Å². The maximum atomic E-state index is 12.6. The Morgan fingerprint density at radius 2 is 2.19 bits per heavy atom. The third kappa shape index (κ3) is 4.27. The molecule has 0 aliphatic carbocycles. The molecule has 2 aromatic rings. The van der Waals surface area contributed by atoms with Crippen molar-refractivity contribution in [2.45, 2.75) is 39.7 Å². The fraction of sp³-hybridized carbons (Fsp3) is 0.588. The van der Waals surface area contributed by atoms with Gasteiger partial charge in [0.25, 0.3) is 11.8 Å². The molecule has 2 aromatic heterocycles. The Hall–Kier alpha value is -2.29. The molecule has 140 valence electrons. The molecule has 26 heavy (non-hydrogen) atoms. The first kappa shape index (κ1) is 18.5. The highest BCUT2D eigenvalue weighted by atomic mass is 32.1. The maximum absolute atomic E-state index is 12.6. The monoisotopic (exact) mass is 376 g/mol. The molecule has 3 heterocycles. The van der Waals surface area contributed by atoms with Gasteiger partial charge in [-0.25, -0.2) is 9.67 Å². The molecule has 0 bridgehead atoms. The molecule has 3 rings (SSSR count). The van der Waals surface area contributed by atoms with Crippen molar-refractivity contribution in [2.24, 2.45) is 5.92 Å². The molecule has 1 unspecified atom stereocenters. The van der Waals surface area contributed by atoms with Gasteiger partial charge >= 0.3 is 0 Å². The van der Waals surface area contributed by atoms with Crippen molar-refractivity contribution in [3.05, 3.63) is 28.0 Å². The first-order valence-electron chi connectivity index (χ1n) is 8.85. The highest BCUT2D eigenvalue weighted by molar-refractivity contribution is 7.09. The van der Waals surface area contributed by atoms with Gasteiger partial charge in [-0.1, -0.05) is 19.1 Å². The second kappa shape index (κ2) is 7.94. The lowest BCUT2D eigenvalue weighted by atomic mass is 10.1. The molecule has 1 fully saturated rings. The molecular formula is C17H24N6O2S. The van der Waals surface area contributed by atoms with Crippen LogP contribution in [0.5, 0.6) is 0 Å². The molecule has 8 nitrogen and oxygen atoms in total. The van der Waals surface area contributed by atoms with Gasteiger partial charge in [-0.2, -0.15) is 0 Å². The number of rotatable bonds is 5. The summed E-state index contributed by atoms with van der Waals surface area (Å²) in [5, 5.41) is 13.6. The Morgan fingerprint density at radius 3 is 2.88 bits per heavy atom. The molecule has 9 heteroatoms. The lowest BCUT2D eigenvalue weighted by molar-refractivity contribution is 0.0666. The highest BCUT2D eigenvalue weighted by Gasteiger charge is 2.28. The molecule has 0 radical (unpaired) electrons. The van der Waals surface area contributed by atoms with Gasteiger partial charge in [0.2, 0.25) is 0 Å². The second-order valence-electron chi connectivity index (χ2n) is 6.99. The zero-order chi connectivity index (χ0) is 18.7. The van der Waals surface area contributed by atoms with E-state index in [-0.39, 0.29) is 17.9 Å². The zero-order valence-corrected chi connectivity index (χ0v) is 16.1.